The molecule has 1 heterocycles. The van der Waals surface area contributed by atoms with E-state index in [-0.39, 0.29) is 12.6 Å². The van der Waals surface area contributed by atoms with Crippen molar-refractivity contribution in [3.8, 4) is 0 Å². The van der Waals surface area contributed by atoms with E-state index < -0.39 is 6.67 Å². The van der Waals surface area contributed by atoms with Crippen molar-refractivity contribution in [3.63, 3.8) is 0 Å². The van der Waals surface area contributed by atoms with E-state index in [0.29, 0.717) is 13.1 Å². The Kier molecular flexibility index (Phi) is 5.01. The van der Waals surface area contributed by atoms with Crippen molar-refractivity contribution in [2.45, 2.75) is 0 Å². The third-order valence-electron chi connectivity index (χ3n) is 3.11. The number of amides is 2. The number of anilines is 1. The van der Waals surface area contributed by atoms with Gasteiger partial charge in [-0.3, -0.25) is 0 Å². The summed E-state index contributed by atoms with van der Waals surface area (Å²) in [5.41, 5.74) is 1.15. The highest BCUT2D eigenvalue weighted by Crippen LogP contribution is 2.21. The van der Waals surface area contributed by atoms with Gasteiger partial charge in [0.2, 0.25) is 0 Å². The van der Waals surface area contributed by atoms with Gasteiger partial charge in [-0.2, -0.15) is 0 Å². The van der Waals surface area contributed by atoms with E-state index in [0.717, 1.165) is 23.2 Å². The van der Waals surface area contributed by atoms with Crippen LogP contribution >= 0.6 is 15.9 Å². The van der Waals surface area contributed by atoms with Crippen LogP contribution in [0.4, 0.5) is 14.9 Å². The van der Waals surface area contributed by atoms with Crippen LogP contribution in [0.2, 0.25) is 0 Å². The van der Waals surface area contributed by atoms with Gasteiger partial charge in [0.15, 0.2) is 0 Å². The van der Waals surface area contributed by atoms with Crippen molar-refractivity contribution in [2.24, 2.45) is 0 Å². The summed E-state index contributed by atoms with van der Waals surface area (Å²) in [5, 5.41) is 2.55. The molecule has 0 atom stereocenters. The Bertz CT molecular complexity index is 436. The smallest absolute Gasteiger partial charge is 0.317 e. The van der Waals surface area contributed by atoms with Crippen LogP contribution in [0.25, 0.3) is 0 Å². The van der Waals surface area contributed by atoms with Gasteiger partial charge in [-0.05, 0) is 18.2 Å². The summed E-state index contributed by atoms with van der Waals surface area (Å²) < 4.78 is 13.0. The first-order valence-corrected chi connectivity index (χ1v) is 7.09. The van der Waals surface area contributed by atoms with Gasteiger partial charge in [0.1, 0.15) is 6.67 Å². The minimum atomic E-state index is -0.524. The fourth-order valence-electron chi connectivity index (χ4n) is 2.11. The largest absolute Gasteiger partial charge is 0.368 e. The fraction of sp³-hybridized carbons (Fsp3) is 0.462. The number of carbonyl (C=O) groups excluding carboxylic acids is 1. The number of halogens is 2. The molecule has 0 aromatic heterocycles. The summed E-state index contributed by atoms with van der Waals surface area (Å²) >= 11 is 3.46. The van der Waals surface area contributed by atoms with Gasteiger partial charge in [0.25, 0.3) is 0 Å². The molecule has 0 radical (unpaired) electrons. The molecule has 1 aliphatic rings. The lowest BCUT2D eigenvalue weighted by atomic mass is 10.2. The van der Waals surface area contributed by atoms with E-state index in [9.17, 15) is 9.18 Å². The Balaban J connectivity index is 1.87. The van der Waals surface area contributed by atoms with Crippen molar-refractivity contribution in [3.05, 3.63) is 28.7 Å². The van der Waals surface area contributed by atoms with Crippen molar-refractivity contribution >= 4 is 27.6 Å². The molecular formula is C13H17BrFN3O. The first-order chi connectivity index (χ1) is 9.20. The van der Waals surface area contributed by atoms with E-state index in [1.165, 1.54) is 0 Å². The molecule has 104 valence electrons. The maximum absolute atomic E-state index is 12.0. The van der Waals surface area contributed by atoms with Crippen LogP contribution in [0.3, 0.4) is 0 Å². The summed E-state index contributed by atoms with van der Waals surface area (Å²) in [6.07, 6.45) is 0. The van der Waals surface area contributed by atoms with Gasteiger partial charge in [-0.15, -0.1) is 0 Å². The summed E-state index contributed by atoms with van der Waals surface area (Å²) in [5.74, 6) is 0. The molecule has 4 nitrogen and oxygen atoms in total. The molecule has 6 heteroatoms. The van der Waals surface area contributed by atoms with E-state index >= 15 is 0 Å². The number of piperazine rings is 1. The number of hydrogen-bond acceptors (Lipinski definition) is 2. The average molecular weight is 330 g/mol. The van der Waals surface area contributed by atoms with E-state index in [1.807, 2.05) is 12.1 Å². The zero-order chi connectivity index (χ0) is 13.7. The van der Waals surface area contributed by atoms with Crippen molar-refractivity contribution in [1.29, 1.82) is 0 Å². The molecule has 19 heavy (non-hydrogen) atoms. The number of nitrogens with one attached hydrogen (secondary N) is 1. The third-order valence-corrected chi connectivity index (χ3v) is 3.60. The van der Waals surface area contributed by atoms with Gasteiger partial charge < -0.3 is 15.1 Å². The Morgan fingerprint density at radius 1 is 1.32 bits per heavy atom. The molecule has 1 fully saturated rings. The molecule has 2 rings (SSSR count). The first kappa shape index (κ1) is 14.1. The van der Waals surface area contributed by atoms with Gasteiger partial charge in [-0.25, -0.2) is 9.18 Å². The van der Waals surface area contributed by atoms with Crippen molar-refractivity contribution < 1.29 is 9.18 Å². The highest BCUT2D eigenvalue weighted by Gasteiger charge is 2.20. The monoisotopic (exact) mass is 329 g/mol. The molecule has 0 aliphatic carbocycles. The van der Waals surface area contributed by atoms with Crippen LogP contribution in [0.15, 0.2) is 28.7 Å². The molecule has 0 saturated carbocycles. The lowest BCUT2D eigenvalue weighted by Gasteiger charge is -2.36. The number of nitrogens with zero attached hydrogens (tertiary/aromatic N) is 2. The molecule has 1 aromatic rings. The number of rotatable bonds is 3. The molecule has 1 saturated heterocycles. The molecule has 1 aliphatic heterocycles. The second-order valence-electron chi connectivity index (χ2n) is 4.37. The number of urea groups is 1. The molecule has 0 unspecified atom stereocenters. The molecule has 0 bridgehead atoms. The SMILES string of the molecule is O=C(NCCF)N1CCN(c2cccc(Br)c2)CC1. The van der Waals surface area contributed by atoms with Crippen LogP contribution in [0, 0.1) is 0 Å². The van der Waals surface area contributed by atoms with E-state index in [2.05, 4.69) is 38.3 Å². The zero-order valence-corrected chi connectivity index (χ0v) is 12.2. The van der Waals surface area contributed by atoms with Crippen LogP contribution in [-0.4, -0.2) is 50.3 Å². The summed E-state index contributed by atoms with van der Waals surface area (Å²) in [6.45, 7) is 2.46. The van der Waals surface area contributed by atoms with Crippen LogP contribution in [0.5, 0.6) is 0 Å². The van der Waals surface area contributed by atoms with Crippen molar-refractivity contribution in [2.75, 3.05) is 44.3 Å². The quantitative estimate of drug-likeness (QED) is 0.923. The molecule has 0 spiro atoms. The van der Waals surface area contributed by atoms with E-state index in [4.69, 9.17) is 0 Å². The maximum Gasteiger partial charge on any atom is 0.317 e. The maximum atomic E-state index is 12.0. The third kappa shape index (κ3) is 3.83. The minimum Gasteiger partial charge on any atom is -0.368 e. The summed E-state index contributed by atoms with van der Waals surface area (Å²) in [4.78, 5) is 15.6. The van der Waals surface area contributed by atoms with Gasteiger partial charge in [0, 0.05) is 42.9 Å². The second kappa shape index (κ2) is 6.75. The highest BCUT2D eigenvalue weighted by atomic mass is 79.9. The average Bonchev–Trinajstić information content (AvgIpc) is 2.45. The van der Waals surface area contributed by atoms with Gasteiger partial charge in [0.05, 0.1) is 0 Å². The van der Waals surface area contributed by atoms with Gasteiger partial charge in [-0.1, -0.05) is 22.0 Å². The predicted molar refractivity (Wildman–Crippen MR) is 77.3 cm³/mol. The molecular weight excluding hydrogens is 313 g/mol. The predicted octanol–water partition coefficient (Wildman–Crippen LogP) is 2.25. The Morgan fingerprint density at radius 3 is 2.68 bits per heavy atom. The topological polar surface area (TPSA) is 35.6 Å². The zero-order valence-electron chi connectivity index (χ0n) is 10.6. The highest BCUT2D eigenvalue weighted by molar-refractivity contribution is 9.10. The number of carbonyl (C=O) groups is 1. The van der Waals surface area contributed by atoms with E-state index in [1.54, 1.807) is 4.90 Å². The Hall–Kier alpha value is -1.30. The number of benzene rings is 1. The molecule has 2 amide bonds. The number of alkyl halides is 1. The molecule has 1 aromatic carbocycles. The Labute approximate surface area is 120 Å². The van der Waals surface area contributed by atoms with Crippen LogP contribution in [-0.2, 0) is 0 Å². The lowest BCUT2D eigenvalue weighted by molar-refractivity contribution is 0.193. The fourth-order valence-corrected chi connectivity index (χ4v) is 2.49. The second-order valence-corrected chi connectivity index (χ2v) is 5.29. The lowest BCUT2D eigenvalue weighted by Crippen LogP contribution is -2.52. The first-order valence-electron chi connectivity index (χ1n) is 6.30. The number of hydrogen-bond donors (Lipinski definition) is 1. The van der Waals surface area contributed by atoms with Crippen molar-refractivity contribution in [1.82, 2.24) is 10.2 Å². The Morgan fingerprint density at radius 2 is 2.05 bits per heavy atom. The molecule has 1 N–H and O–H groups in total. The summed E-state index contributed by atoms with van der Waals surface area (Å²) in [6, 6.07) is 7.94. The van der Waals surface area contributed by atoms with Crippen LogP contribution in [0.1, 0.15) is 0 Å². The summed E-state index contributed by atoms with van der Waals surface area (Å²) in [7, 11) is 0. The normalized spacial score (nSPS) is 15.5. The standard InChI is InChI=1S/C13H17BrFN3O/c14-11-2-1-3-12(10-11)17-6-8-18(9-7-17)13(19)16-5-4-15/h1-3,10H,4-9H2,(H,16,19). The van der Waals surface area contributed by atoms with Gasteiger partial charge >= 0.3 is 6.03 Å². The van der Waals surface area contributed by atoms with Crippen LogP contribution < -0.4 is 10.2 Å². The minimum absolute atomic E-state index is 0.0880.